The highest BCUT2D eigenvalue weighted by atomic mass is 16.5. The number of anilines is 1. The fraction of sp³-hybridized carbons (Fsp3) is 0.688. The van der Waals surface area contributed by atoms with Crippen LogP contribution in [-0.2, 0) is 21.6 Å². The number of fused-ring (bicyclic) bond motifs is 2. The molecule has 118 valence electrons. The minimum Gasteiger partial charge on any atom is -0.376 e. The summed E-state index contributed by atoms with van der Waals surface area (Å²) in [5.74, 6) is 1.63. The molecule has 4 rings (SSSR count). The van der Waals surface area contributed by atoms with Gasteiger partial charge in [-0.2, -0.15) is 0 Å². The zero-order chi connectivity index (χ0) is 15.2. The molecule has 3 heterocycles. The van der Waals surface area contributed by atoms with Crippen molar-refractivity contribution in [3.05, 3.63) is 17.5 Å². The van der Waals surface area contributed by atoms with Crippen molar-refractivity contribution in [3.63, 3.8) is 0 Å². The Morgan fingerprint density at radius 3 is 3.14 bits per heavy atom. The summed E-state index contributed by atoms with van der Waals surface area (Å²) in [4.78, 5) is 22.8. The van der Waals surface area contributed by atoms with Gasteiger partial charge in [0.2, 0.25) is 11.9 Å². The molecular formula is C16H22N4O2. The normalized spacial score (nSPS) is 27.0. The van der Waals surface area contributed by atoms with E-state index in [1.54, 1.807) is 6.92 Å². The van der Waals surface area contributed by atoms with E-state index < -0.39 is 0 Å². The van der Waals surface area contributed by atoms with Crippen molar-refractivity contribution in [2.45, 2.75) is 38.2 Å². The van der Waals surface area contributed by atoms with Crippen LogP contribution in [0.15, 0.2) is 6.20 Å². The molecule has 0 bridgehead atoms. The molecule has 1 N–H and O–H groups in total. The van der Waals surface area contributed by atoms with Crippen LogP contribution in [0, 0.1) is 5.92 Å². The summed E-state index contributed by atoms with van der Waals surface area (Å²) in [6.45, 7) is 5.29. The van der Waals surface area contributed by atoms with Crippen LogP contribution < -0.4 is 5.32 Å². The Balaban J connectivity index is 1.61. The standard InChI is InChI=1S/C16H22N4O2/c1-11(21)20-5-4-16(9-20)10-22-8-13-7-18-15(19-14(13)16)17-6-12-2-3-12/h7,12H,2-6,8-10H2,1H3,(H,17,18,19). The number of rotatable bonds is 3. The molecule has 2 fully saturated rings. The number of nitrogens with one attached hydrogen (secondary N) is 1. The number of carbonyl (C=O) groups excluding carboxylic acids is 1. The zero-order valence-corrected chi connectivity index (χ0v) is 13.0. The van der Waals surface area contributed by atoms with Crippen LogP contribution in [0.2, 0.25) is 0 Å². The quantitative estimate of drug-likeness (QED) is 0.912. The summed E-state index contributed by atoms with van der Waals surface area (Å²) in [6.07, 6.45) is 5.42. The first-order valence-corrected chi connectivity index (χ1v) is 8.10. The van der Waals surface area contributed by atoms with Gasteiger partial charge in [-0.25, -0.2) is 9.97 Å². The molecule has 1 unspecified atom stereocenters. The summed E-state index contributed by atoms with van der Waals surface area (Å²) in [7, 11) is 0. The maximum Gasteiger partial charge on any atom is 0.222 e. The molecule has 6 nitrogen and oxygen atoms in total. The molecule has 1 aromatic rings. The average Bonchev–Trinajstić information content (AvgIpc) is 3.25. The Kier molecular flexibility index (Phi) is 3.29. The highest BCUT2D eigenvalue weighted by Gasteiger charge is 2.45. The van der Waals surface area contributed by atoms with Gasteiger partial charge in [0.15, 0.2) is 0 Å². The molecule has 1 aliphatic carbocycles. The number of ether oxygens (including phenoxy) is 1. The lowest BCUT2D eigenvalue weighted by Crippen LogP contribution is -2.41. The third-order valence-corrected chi connectivity index (χ3v) is 5.05. The molecule has 2 aliphatic heterocycles. The molecule has 1 atom stereocenters. The average molecular weight is 302 g/mol. The molecule has 22 heavy (non-hydrogen) atoms. The molecule has 1 saturated carbocycles. The largest absolute Gasteiger partial charge is 0.376 e. The van der Waals surface area contributed by atoms with Crippen molar-refractivity contribution in [2.75, 3.05) is 31.6 Å². The van der Waals surface area contributed by atoms with Gasteiger partial charge in [0.25, 0.3) is 0 Å². The highest BCUT2D eigenvalue weighted by molar-refractivity contribution is 5.73. The third kappa shape index (κ3) is 2.45. The third-order valence-electron chi connectivity index (χ3n) is 5.05. The second-order valence-corrected chi connectivity index (χ2v) is 6.86. The van der Waals surface area contributed by atoms with Crippen LogP contribution in [0.25, 0.3) is 0 Å². The van der Waals surface area contributed by atoms with E-state index in [9.17, 15) is 4.79 Å². The van der Waals surface area contributed by atoms with Gasteiger partial charge in [-0.15, -0.1) is 0 Å². The number of aromatic nitrogens is 2. The molecule has 1 saturated heterocycles. The van der Waals surface area contributed by atoms with Gasteiger partial charge in [0.05, 0.1) is 24.3 Å². The lowest BCUT2D eigenvalue weighted by atomic mass is 9.80. The van der Waals surface area contributed by atoms with Crippen molar-refractivity contribution in [1.29, 1.82) is 0 Å². The Bertz CT molecular complexity index is 602. The zero-order valence-electron chi connectivity index (χ0n) is 13.0. The Morgan fingerprint density at radius 1 is 1.55 bits per heavy atom. The van der Waals surface area contributed by atoms with Crippen LogP contribution in [0.5, 0.6) is 0 Å². The van der Waals surface area contributed by atoms with E-state index in [0.29, 0.717) is 25.7 Å². The maximum atomic E-state index is 11.7. The SMILES string of the molecule is CC(=O)N1CCC2(COCc3cnc(NCC4CC4)nc32)C1. The minimum absolute atomic E-state index is 0.130. The number of likely N-dealkylation sites (tertiary alicyclic amines) is 1. The van der Waals surface area contributed by atoms with Gasteiger partial charge in [-0.1, -0.05) is 0 Å². The molecule has 1 spiro atoms. The smallest absolute Gasteiger partial charge is 0.222 e. The Labute approximate surface area is 130 Å². The summed E-state index contributed by atoms with van der Waals surface area (Å²) in [6, 6.07) is 0. The molecule has 0 radical (unpaired) electrons. The fourth-order valence-corrected chi connectivity index (χ4v) is 3.49. The van der Waals surface area contributed by atoms with Crippen molar-refractivity contribution < 1.29 is 9.53 Å². The lowest BCUT2D eigenvalue weighted by Gasteiger charge is -2.34. The van der Waals surface area contributed by atoms with E-state index in [-0.39, 0.29) is 11.3 Å². The van der Waals surface area contributed by atoms with Crippen LogP contribution in [-0.4, -0.2) is 47.0 Å². The van der Waals surface area contributed by atoms with Crippen molar-refractivity contribution in [3.8, 4) is 0 Å². The first-order valence-electron chi connectivity index (χ1n) is 8.10. The first-order chi connectivity index (χ1) is 10.7. The topological polar surface area (TPSA) is 67.4 Å². The van der Waals surface area contributed by atoms with Gasteiger partial charge < -0.3 is 15.0 Å². The predicted octanol–water partition coefficient (Wildman–Crippen LogP) is 1.32. The summed E-state index contributed by atoms with van der Waals surface area (Å²) in [5, 5.41) is 3.35. The summed E-state index contributed by atoms with van der Waals surface area (Å²) >= 11 is 0. The molecular weight excluding hydrogens is 280 g/mol. The van der Waals surface area contributed by atoms with E-state index in [1.165, 1.54) is 12.8 Å². The van der Waals surface area contributed by atoms with Crippen LogP contribution in [0.4, 0.5) is 5.95 Å². The summed E-state index contributed by atoms with van der Waals surface area (Å²) < 4.78 is 5.77. The van der Waals surface area contributed by atoms with Gasteiger partial charge in [0.1, 0.15) is 0 Å². The molecule has 3 aliphatic rings. The van der Waals surface area contributed by atoms with Crippen molar-refractivity contribution in [2.24, 2.45) is 5.92 Å². The van der Waals surface area contributed by atoms with Gasteiger partial charge in [-0.3, -0.25) is 4.79 Å². The number of hydrogen-bond acceptors (Lipinski definition) is 5. The molecule has 1 amide bonds. The van der Waals surface area contributed by atoms with Crippen LogP contribution in [0.1, 0.15) is 37.4 Å². The number of nitrogens with zero attached hydrogens (tertiary/aromatic N) is 3. The fourth-order valence-electron chi connectivity index (χ4n) is 3.49. The highest BCUT2D eigenvalue weighted by Crippen LogP contribution is 2.39. The second kappa shape index (κ2) is 5.19. The van der Waals surface area contributed by atoms with Gasteiger partial charge >= 0.3 is 0 Å². The predicted molar refractivity (Wildman–Crippen MR) is 81.5 cm³/mol. The number of amides is 1. The van der Waals surface area contributed by atoms with Gasteiger partial charge in [0, 0.05) is 38.3 Å². The number of hydrogen-bond donors (Lipinski definition) is 1. The Hall–Kier alpha value is -1.69. The van der Waals surface area contributed by atoms with Crippen molar-refractivity contribution >= 4 is 11.9 Å². The van der Waals surface area contributed by atoms with Crippen molar-refractivity contribution in [1.82, 2.24) is 14.9 Å². The number of carbonyl (C=O) groups is 1. The monoisotopic (exact) mass is 302 g/mol. The second-order valence-electron chi connectivity index (χ2n) is 6.86. The molecule has 6 heteroatoms. The van der Waals surface area contributed by atoms with Crippen LogP contribution >= 0.6 is 0 Å². The first kappa shape index (κ1) is 13.9. The van der Waals surface area contributed by atoms with E-state index >= 15 is 0 Å². The maximum absolute atomic E-state index is 11.7. The molecule has 1 aromatic heterocycles. The van der Waals surface area contributed by atoms with E-state index in [0.717, 1.165) is 36.7 Å². The molecule has 0 aromatic carbocycles. The Morgan fingerprint density at radius 2 is 2.41 bits per heavy atom. The van der Waals surface area contributed by atoms with Crippen LogP contribution in [0.3, 0.4) is 0 Å². The van der Waals surface area contributed by atoms with Gasteiger partial charge in [-0.05, 0) is 25.2 Å². The van der Waals surface area contributed by atoms with E-state index in [4.69, 9.17) is 9.72 Å². The minimum atomic E-state index is -0.155. The van der Waals surface area contributed by atoms with E-state index in [1.807, 2.05) is 11.1 Å². The van der Waals surface area contributed by atoms with E-state index in [2.05, 4.69) is 10.3 Å². The summed E-state index contributed by atoms with van der Waals surface area (Å²) in [5.41, 5.74) is 1.99. The lowest BCUT2D eigenvalue weighted by molar-refractivity contribution is -0.128.